The molecule has 0 bridgehead atoms. The Hall–Kier alpha value is -8.48. The highest BCUT2D eigenvalue weighted by molar-refractivity contribution is 5.97. The standard InChI is InChI=1S/C80H136N8O24/c1-29-41(17)53-73(97)105-49(25)65(89)81-58(46(22)34-6)78(102)110-62(38(11)12)70(94)86-55(43(19)31-3)75(99)107-51(27)67(91)83-60(48(24)36-8)80(104)112-64(40(15)16)72(96)88-56(44(20)32-4)76(100)108-52(28)68(92)84-59(47(23)35-7)79(103)111-63(39(13)14)71(95)87-54(42(18)30-2)74(98)106-50(26)66(90)82-57(45(21)33-5)77(101)109-61(37(9)10)69(93)85-53/h37-64H,29-36H2,1-28H3,(H,81,89)(H,82,90)(H,83,91)(H,84,92)(H,85,93)(H,86,94)(H,87,95)(H,88,96). The molecular formula is C80H136N8O24. The fourth-order valence-electron chi connectivity index (χ4n) is 11.3. The number of hydrogen-bond donors (Lipinski definition) is 8. The van der Waals surface area contributed by atoms with Gasteiger partial charge >= 0.3 is 47.8 Å². The van der Waals surface area contributed by atoms with Gasteiger partial charge in [-0.2, -0.15) is 0 Å². The van der Waals surface area contributed by atoms with Crippen LogP contribution < -0.4 is 42.5 Å². The summed E-state index contributed by atoms with van der Waals surface area (Å²) in [4.78, 5) is 228. The molecule has 1 saturated heterocycles. The van der Waals surface area contributed by atoms with Crippen molar-refractivity contribution in [2.45, 2.75) is 342 Å². The van der Waals surface area contributed by atoms with Crippen molar-refractivity contribution in [3.05, 3.63) is 0 Å². The van der Waals surface area contributed by atoms with Crippen LogP contribution in [-0.2, 0) is 115 Å². The van der Waals surface area contributed by atoms with Crippen LogP contribution in [0.1, 0.15) is 245 Å². The van der Waals surface area contributed by atoms with Gasteiger partial charge in [-0.15, -0.1) is 0 Å². The monoisotopic (exact) mass is 1590 g/mol. The summed E-state index contributed by atoms with van der Waals surface area (Å²) in [5.41, 5.74) is 0. The predicted molar refractivity (Wildman–Crippen MR) is 412 cm³/mol. The topological polar surface area (TPSA) is 443 Å². The highest BCUT2D eigenvalue weighted by atomic mass is 16.6. The number of ether oxygens (including phenoxy) is 8. The summed E-state index contributed by atoms with van der Waals surface area (Å²) in [6.45, 7) is 44.2. The van der Waals surface area contributed by atoms with E-state index in [2.05, 4.69) is 42.5 Å². The third-order valence-corrected chi connectivity index (χ3v) is 21.2. The van der Waals surface area contributed by atoms with Crippen LogP contribution in [0.4, 0.5) is 0 Å². The molecule has 1 aliphatic heterocycles. The molecule has 32 heteroatoms. The van der Waals surface area contributed by atoms with E-state index in [1.807, 2.05) is 0 Å². The smallest absolute Gasteiger partial charge is 0.329 e. The number of esters is 8. The van der Waals surface area contributed by atoms with Crippen molar-refractivity contribution < 1.29 is 115 Å². The second kappa shape index (κ2) is 48.6. The lowest BCUT2D eigenvalue weighted by atomic mass is 9.97. The molecule has 112 heavy (non-hydrogen) atoms. The molecule has 24 atom stereocenters. The van der Waals surface area contributed by atoms with Crippen molar-refractivity contribution in [3.8, 4) is 0 Å². The van der Waals surface area contributed by atoms with E-state index in [9.17, 15) is 76.7 Å². The van der Waals surface area contributed by atoms with E-state index in [4.69, 9.17) is 37.9 Å². The Morgan fingerprint density at radius 3 is 0.411 bits per heavy atom. The molecule has 8 amide bonds. The molecule has 640 valence electrons. The predicted octanol–water partition coefficient (Wildman–Crippen LogP) is 6.25. The van der Waals surface area contributed by atoms with Crippen molar-refractivity contribution in [2.24, 2.45) is 71.0 Å². The Kier molecular flexibility index (Phi) is 44.0. The normalized spacial score (nSPS) is 29.6. The van der Waals surface area contributed by atoms with Crippen LogP contribution in [0.2, 0.25) is 0 Å². The van der Waals surface area contributed by atoms with Crippen molar-refractivity contribution in [2.75, 3.05) is 0 Å². The molecule has 1 rings (SSSR count). The average molecular weight is 1590 g/mol. The maximum absolute atomic E-state index is 14.3. The summed E-state index contributed by atoms with van der Waals surface area (Å²) in [5.74, 6) is -24.6. The Bertz CT molecular complexity index is 2740. The SMILES string of the molecule is CCC(C)C1NC(=O)C(C(C)C)OC(=O)C(C(C)CC)NC(=O)C(C)OC(=O)C(C(C)CC)NC(=O)C(C(C)C)OC(=O)C(C(C)CC)NC(=O)C(C)OC(=O)C(C(C)CC)NC(=O)C(C(C)C)OC(=O)C(C(C)CC)NC(=O)C(C)OC(=O)C(C(C)CC)NC(=O)C(C(C)C)OC(=O)C(C(C)CC)NC(=O)C(C)OC1=O. The van der Waals surface area contributed by atoms with Gasteiger partial charge in [0.1, 0.15) is 48.3 Å². The number of cyclic esters (lactones) is 8. The Morgan fingerprint density at radius 1 is 0.196 bits per heavy atom. The van der Waals surface area contributed by atoms with E-state index < -0.39 is 263 Å². The fourth-order valence-corrected chi connectivity index (χ4v) is 11.3. The van der Waals surface area contributed by atoms with Gasteiger partial charge in [-0.1, -0.05) is 218 Å². The van der Waals surface area contributed by atoms with Gasteiger partial charge < -0.3 is 80.4 Å². The maximum Gasteiger partial charge on any atom is 0.329 e. The third-order valence-electron chi connectivity index (χ3n) is 21.2. The molecule has 24 unspecified atom stereocenters. The second-order valence-corrected chi connectivity index (χ2v) is 31.7. The van der Waals surface area contributed by atoms with Crippen LogP contribution in [0, 0.1) is 71.0 Å². The van der Waals surface area contributed by atoms with Crippen LogP contribution in [0.3, 0.4) is 0 Å². The number of hydrogen-bond acceptors (Lipinski definition) is 24. The first-order valence-electron chi connectivity index (χ1n) is 40.2. The lowest BCUT2D eigenvalue weighted by Gasteiger charge is -2.31. The number of carbonyl (C=O) groups excluding carboxylic acids is 16. The molecule has 0 aliphatic carbocycles. The van der Waals surface area contributed by atoms with Gasteiger partial charge in [-0.05, 0) is 98.7 Å². The lowest BCUT2D eigenvalue weighted by Crippen LogP contribution is -2.56. The zero-order chi connectivity index (χ0) is 86.4. The van der Waals surface area contributed by atoms with Crippen LogP contribution in [-0.4, -0.2) is 192 Å². The van der Waals surface area contributed by atoms with Gasteiger partial charge in [0.25, 0.3) is 47.3 Å². The van der Waals surface area contributed by atoms with Crippen molar-refractivity contribution in [1.29, 1.82) is 0 Å². The summed E-state index contributed by atoms with van der Waals surface area (Å²) in [6, 6.07) is -11.6. The largest absolute Gasteiger partial charge is 0.451 e. The molecule has 0 saturated carbocycles. The Balaban J connectivity index is 4.18. The lowest BCUT2D eigenvalue weighted by molar-refractivity contribution is -0.167. The minimum absolute atomic E-state index is 0.280. The molecule has 1 aliphatic rings. The first-order valence-corrected chi connectivity index (χ1v) is 40.2. The van der Waals surface area contributed by atoms with Gasteiger partial charge in [0, 0.05) is 0 Å². The van der Waals surface area contributed by atoms with Crippen LogP contribution >= 0.6 is 0 Å². The molecule has 32 nitrogen and oxygen atoms in total. The summed E-state index contributed by atoms with van der Waals surface area (Å²) < 4.78 is 46.1. The highest BCUT2D eigenvalue weighted by Gasteiger charge is 2.45. The molecule has 0 spiro atoms. The van der Waals surface area contributed by atoms with Gasteiger partial charge in [-0.3, -0.25) is 38.4 Å². The van der Waals surface area contributed by atoms with E-state index in [0.717, 1.165) is 0 Å². The fraction of sp³-hybridized carbons (Fsp3) is 0.800. The summed E-state index contributed by atoms with van der Waals surface area (Å²) in [6.07, 6.45) is -10.7. The zero-order valence-corrected chi connectivity index (χ0v) is 71.6. The Labute approximate surface area is 662 Å². The second-order valence-electron chi connectivity index (χ2n) is 31.7. The summed E-state index contributed by atoms with van der Waals surface area (Å²) in [7, 11) is 0. The zero-order valence-electron chi connectivity index (χ0n) is 71.6. The molecule has 1 heterocycles. The van der Waals surface area contributed by atoms with Crippen LogP contribution in [0.15, 0.2) is 0 Å². The molecule has 0 aromatic heterocycles. The van der Waals surface area contributed by atoms with E-state index in [1.165, 1.54) is 27.7 Å². The molecule has 0 radical (unpaired) electrons. The van der Waals surface area contributed by atoms with Gasteiger partial charge in [0.05, 0.1) is 0 Å². The highest BCUT2D eigenvalue weighted by Crippen LogP contribution is 2.25. The van der Waals surface area contributed by atoms with Gasteiger partial charge in [0.15, 0.2) is 48.8 Å². The number of nitrogens with one attached hydrogen (secondary N) is 8. The van der Waals surface area contributed by atoms with E-state index >= 15 is 0 Å². The molecule has 0 aromatic rings. The molecule has 1 fully saturated rings. The quantitative estimate of drug-likeness (QED) is 0.0493. The minimum Gasteiger partial charge on any atom is -0.451 e. The molecule has 0 aromatic carbocycles. The summed E-state index contributed by atoms with van der Waals surface area (Å²) >= 11 is 0. The van der Waals surface area contributed by atoms with Gasteiger partial charge in [0.2, 0.25) is 0 Å². The van der Waals surface area contributed by atoms with E-state index in [0.29, 0.717) is 0 Å². The van der Waals surface area contributed by atoms with Crippen molar-refractivity contribution >= 4 is 95.0 Å². The van der Waals surface area contributed by atoms with Gasteiger partial charge in [-0.25, -0.2) is 38.4 Å². The van der Waals surface area contributed by atoms with E-state index in [-0.39, 0.29) is 51.4 Å². The first kappa shape index (κ1) is 102. The Morgan fingerprint density at radius 2 is 0.304 bits per heavy atom. The number of rotatable bonds is 20. The third kappa shape index (κ3) is 30.5. The number of amides is 8. The maximum atomic E-state index is 14.3. The van der Waals surface area contributed by atoms with Crippen molar-refractivity contribution in [1.82, 2.24) is 42.5 Å². The van der Waals surface area contributed by atoms with E-state index in [1.54, 1.807) is 166 Å². The van der Waals surface area contributed by atoms with Crippen LogP contribution in [0.5, 0.6) is 0 Å². The summed E-state index contributed by atoms with van der Waals surface area (Å²) in [5, 5.41) is 20.8. The van der Waals surface area contributed by atoms with Crippen LogP contribution in [0.25, 0.3) is 0 Å². The molecular weight excluding hydrogens is 1460 g/mol. The average Bonchev–Trinajstić information content (AvgIpc) is 0.844. The molecule has 8 N–H and O–H groups in total. The minimum atomic E-state index is -1.62. The number of carbonyl (C=O) groups is 16. The first-order chi connectivity index (χ1) is 52.1. The van der Waals surface area contributed by atoms with Crippen molar-refractivity contribution in [3.63, 3.8) is 0 Å².